The molecule has 0 amide bonds. The van der Waals surface area contributed by atoms with Crippen molar-refractivity contribution < 1.29 is 9.57 Å². The number of hydrogen-bond donors (Lipinski definition) is 0. The molecule has 0 N–H and O–H groups in total. The van der Waals surface area contributed by atoms with Crippen LogP contribution in [0.25, 0.3) is 0 Å². The van der Waals surface area contributed by atoms with Crippen LogP contribution in [0.15, 0.2) is 48.5 Å². The molecule has 0 aliphatic heterocycles. The van der Waals surface area contributed by atoms with Gasteiger partial charge in [-0.05, 0) is 69.6 Å². The molecule has 30 heavy (non-hydrogen) atoms. The van der Waals surface area contributed by atoms with Crippen LogP contribution in [0.3, 0.4) is 0 Å². The number of ether oxygens (including phenoxy) is 1. The first kappa shape index (κ1) is 24.4. The molecule has 3 nitrogen and oxygen atoms in total. The van der Waals surface area contributed by atoms with Crippen molar-refractivity contribution in [3.8, 4) is 5.75 Å². The summed E-state index contributed by atoms with van der Waals surface area (Å²) in [4.78, 5) is 6.71. The average Bonchev–Trinajstić information content (AvgIpc) is 2.68. The zero-order valence-electron chi connectivity index (χ0n) is 20.2. The Labute approximate surface area is 184 Å². The quantitative estimate of drug-likeness (QED) is 0.293. The minimum Gasteiger partial charge on any atom is -0.402 e. The van der Waals surface area contributed by atoms with Crippen molar-refractivity contribution >= 4 is 0 Å². The van der Waals surface area contributed by atoms with Crippen LogP contribution >= 0.6 is 0 Å². The van der Waals surface area contributed by atoms with E-state index >= 15 is 0 Å². The molecule has 0 saturated carbocycles. The molecular formula is C27H41NO2. The highest BCUT2D eigenvalue weighted by Crippen LogP contribution is 2.34. The fourth-order valence-electron chi connectivity index (χ4n) is 4.00. The maximum absolute atomic E-state index is 6.71. The second-order valence-corrected chi connectivity index (χ2v) is 9.49. The van der Waals surface area contributed by atoms with Gasteiger partial charge in [0.1, 0.15) is 6.23 Å². The van der Waals surface area contributed by atoms with Gasteiger partial charge >= 0.3 is 0 Å². The van der Waals surface area contributed by atoms with Crippen molar-refractivity contribution in [3.63, 3.8) is 0 Å². The summed E-state index contributed by atoms with van der Waals surface area (Å²) in [6, 6.07) is 17.0. The van der Waals surface area contributed by atoms with E-state index in [1.807, 2.05) is 18.1 Å². The van der Waals surface area contributed by atoms with Gasteiger partial charge in [-0.1, -0.05) is 70.2 Å². The number of hydroxylamine groups is 2. The summed E-state index contributed by atoms with van der Waals surface area (Å²) in [6.45, 7) is 18.2. The number of benzene rings is 2. The van der Waals surface area contributed by atoms with Gasteiger partial charge in [-0.25, -0.2) is 0 Å². The highest BCUT2D eigenvalue weighted by atomic mass is 16.7. The van der Waals surface area contributed by atoms with E-state index in [1.165, 1.54) is 16.7 Å². The molecule has 3 heteroatoms. The standard InChI is InChI=1S/C27H41NO2/c1-9-29-22(6)28(27(7,8)24-15-11-10-12-16-24)30-26-17-13-14-23(18-20(2)3)25(26)19-21(4)5/h10-17,20-22H,9,18-19H2,1-8H3. The van der Waals surface area contributed by atoms with Crippen LogP contribution in [0.2, 0.25) is 0 Å². The lowest BCUT2D eigenvalue weighted by molar-refractivity contribution is -0.238. The van der Waals surface area contributed by atoms with Gasteiger partial charge < -0.3 is 9.57 Å². The Morgan fingerprint density at radius 3 is 2.03 bits per heavy atom. The molecule has 166 valence electrons. The summed E-state index contributed by atoms with van der Waals surface area (Å²) in [5.74, 6) is 2.10. The van der Waals surface area contributed by atoms with E-state index in [1.54, 1.807) is 0 Å². The van der Waals surface area contributed by atoms with Gasteiger partial charge in [0.05, 0.1) is 5.54 Å². The number of rotatable bonds is 11. The summed E-state index contributed by atoms with van der Waals surface area (Å²) in [6.07, 6.45) is 1.87. The first-order chi connectivity index (χ1) is 14.2. The van der Waals surface area contributed by atoms with Crippen molar-refractivity contribution in [2.75, 3.05) is 6.61 Å². The third kappa shape index (κ3) is 6.33. The molecule has 0 saturated heterocycles. The van der Waals surface area contributed by atoms with Crippen LogP contribution in [0.1, 0.15) is 72.1 Å². The topological polar surface area (TPSA) is 21.7 Å². The lowest BCUT2D eigenvalue weighted by Crippen LogP contribution is -2.50. The van der Waals surface area contributed by atoms with Crippen LogP contribution < -0.4 is 4.84 Å². The van der Waals surface area contributed by atoms with Gasteiger partial charge in [-0.15, -0.1) is 5.06 Å². The third-order valence-electron chi connectivity index (χ3n) is 5.44. The van der Waals surface area contributed by atoms with E-state index in [0.717, 1.165) is 18.6 Å². The zero-order chi connectivity index (χ0) is 22.3. The number of hydrogen-bond acceptors (Lipinski definition) is 3. The van der Waals surface area contributed by atoms with Crippen molar-refractivity contribution in [3.05, 3.63) is 65.2 Å². The molecule has 0 heterocycles. The maximum atomic E-state index is 6.71. The normalized spacial score (nSPS) is 13.3. The summed E-state index contributed by atoms with van der Waals surface area (Å²) in [7, 11) is 0. The molecule has 1 atom stereocenters. The highest BCUT2D eigenvalue weighted by molar-refractivity contribution is 5.41. The van der Waals surface area contributed by atoms with Gasteiger partial charge in [0, 0.05) is 12.2 Å². The van der Waals surface area contributed by atoms with E-state index < -0.39 is 0 Å². The lowest BCUT2D eigenvalue weighted by atomic mass is 9.92. The lowest BCUT2D eigenvalue weighted by Gasteiger charge is -2.41. The van der Waals surface area contributed by atoms with Gasteiger partial charge in [0.15, 0.2) is 5.75 Å². The molecule has 2 aromatic carbocycles. The second-order valence-electron chi connectivity index (χ2n) is 9.49. The summed E-state index contributed by atoms with van der Waals surface area (Å²) in [5.41, 5.74) is 3.54. The SMILES string of the molecule is CCOC(C)N(Oc1cccc(CC(C)C)c1CC(C)C)C(C)(C)c1ccccc1. The molecule has 0 aliphatic rings. The van der Waals surface area contributed by atoms with Crippen molar-refractivity contribution in [1.29, 1.82) is 0 Å². The smallest absolute Gasteiger partial charge is 0.151 e. The van der Waals surface area contributed by atoms with Crippen LogP contribution in [0.5, 0.6) is 5.75 Å². The predicted octanol–water partition coefficient (Wildman–Crippen LogP) is 7.00. The molecule has 0 aliphatic carbocycles. The predicted molar refractivity (Wildman–Crippen MR) is 127 cm³/mol. The van der Waals surface area contributed by atoms with E-state index in [0.29, 0.717) is 18.4 Å². The molecular weight excluding hydrogens is 370 g/mol. The first-order valence-electron chi connectivity index (χ1n) is 11.4. The minimum atomic E-state index is -0.362. The second kappa shape index (κ2) is 11.0. The minimum absolute atomic E-state index is 0.189. The molecule has 2 rings (SSSR count). The van der Waals surface area contributed by atoms with Gasteiger partial charge in [0.25, 0.3) is 0 Å². The molecule has 0 fully saturated rings. The Bertz CT molecular complexity index is 768. The van der Waals surface area contributed by atoms with E-state index in [9.17, 15) is 0 Å². The van der Waals surface area contributed by atoms with Crippen LogP contribution in [0, 0.1) is 11.8 Å². The molecule has 1 unspecified atom stereocenters. The van der Waals surface area contributed by atoms with E-state index in [2.05, 4.69) is 90.9 Å². The van der Waals surface area contributed by atoms with Crippen LogP contribution in [-0.2, 0) is 23.1 Å². The number of nitrogens with zero attached hydrogens (tertiary/aromatic N) is 1. The van der Waals surface area contributed by atoms with Crippen LogP contribution in [0.4, 0.5) is 0 Å². The Balaban J connectivity index is 2.49. The molecule has 0 radical (unpaired) electrons. The fraction of sp³-hybridized carbons (Fsp3) is 0.556. The molecule has 0 bridgehead atoms. The Morgan fingerprint density at radius 2 is 1.47 bits per heavy atom. The van der Waals surface area contributed by atoms with E-state index in [4.69, 9.17) is 9.57 Å². The van der Waals surface area contributed by atoms with Crippen LogP contribution in [-0.4, -0.2) is 17.9 Å². The highest BCUT2D eigenvalue weighted by Gasteiger charge is 2.35. The molecule has 0 aromatic heterocycles. The summed E-state index contributed by atoms with van der Waals surface area (Å²) >= 11 is 0. The van der Waals surface area contributed by atoms with Crippen molar-refractivity contribution in [1.82, 2.24) is 5.06 Å². The van der Waals surface area contributed by atoms with E-state index in [-0.39, 0.29) is 11.8 Å². The fourth-order valence-corrected chi connectivity index (χ4v) is 4.00. The monoisotopic (exact) mass is 411 g/mol. The molecule has 0 spiro atoms. The van der Waals surface area contributed by atoms with Gasteiger partial charge in [0.2, 0.25) is 0 Å². The van der Waals surface area contributed by atoms with Crippen molar-refractivity contribution in [2.45, 2.75) is 80.0 Å². The van der Waals surface area contributed by atoms with Gasteiger partial charge in [-0.2, -0.15) is 0 Å². The largest absolute Gasteiger partial charge is 0.402 e. The first-order valence-corrected chi connectivity index (χ1v) is 11.4. The van der Waals surface area contributed by atoms with Crippen molar-refractivity contribution in [2.24, 2.45) is 11.8 Å². The zero-order valence-corrected chi connectivity index (χ0v) is 20.2. The van der Waals surface area contributed by atoms with Gasteiger partial charge in [-0.3, -0.25) is 0 Å². The Morgan fingerprint density at radius 1 is 0.833 bits per heavy atom. The molecule has 2 aromatic rings. The Kier molecular flexibility index (Phi) is 8.93. The maximum Gasteiger partial charge on any atom is 0.151 e. The Hall–Kier alpha value is -1.84. The third-order valence-corrected chi connectivity index (χ3v) is 5.44. The summed E-state index contributed by atoms with van der Waals surface area (Å²) in [5, 5.41) is 2.02. The summed E-state index contributed by atoms with van der Waals surface area (Å²) < 4.78 is 6.00. The average molecular weight is 412 g/mol.